The van der Waals surface area contributed by atoms with Crippen molar-refractivity contribution in [2.75, 3.05) is 6.61 Å². The molecule has 0 atom stereocenters. The molecule has 2 aromatic carbocycles. The summed E-state index contributed by atoms with van der Waals surface area (Å²) >= 11 is 1.48. The van der Waals surface area contributed by atoms with Crippen molar-refractivity contribution in [3.63, 3.8) is 0 Å². The van der Waals surface area contributed by atoms with Crippen molar-refractivity contribution in [3.05, 3.63) is 69.5 Å². The van der Waals surface area contributed by atoms with Crippen molar-refractivity contribution < 1.29 is 4.74 Å². The Morgan fingerprint density at radius 1 is 1.19 bits per heavy atom. The van der Waals surface area contributed by atoms with Crippen LogP contribution in [0.25, 0.3) is 22.9 Å². The molecular weight excluding hydrogens is 340 g/mol. The van der Waals surface area contributed by atoms with Gasteiger partial charge in [0, 0.05) is 16.5 Å². The molecule has 0 unspecified atom stereocenters. The lowest BCUT2D eigenvalue weighted by molar-refractivity contribution is 0.339. The quantitative estimate of drug-likeness (QED) is 0.533. The highest BCUT2D eigenvalue weighted by molar-refractivity contribution is 7.11. The molecular formula is C22H20N2OS. The average Bonchev–Trinajstić information content (AvgIpc) is 3.13. The van der Waals surface area contributed by atoms with Crippen molar-refractivity contribution >= 4 is 23.0 Å². The summed E-state index contributed by atoms with van der Waals surface area (Å²) in [5.74, 6) is 0.772. The van der Waals surface area contributed by atoms with E-state index in [0.29, 0.717) is 17.2 Å². The molecule has 3 rings (SSSR count). The van der Waals surface area contributed by atoms with E-state index in [1.807, 2.05) is 42.6 Å². The van der Waals surface area contributed by atoms with E-state index in [2.05, 4.69) is 43.1 Å². The molecule has 0 aliphatic carbocycles. The maximum absolute atomic E-state index is 9.63. The van der Waals surface area contributed by atoms with Gasteiger partial charge in [-0.2, -0.15) is 5.26 Å². The number of thiazole rings is 1. The molecule has 3 aromatic rings. The molecule has 0 radical (unpaired) electrons. The maximum Gasteiger partial charge on any atom is 0.134 e. The van der Waals surface area contributed by atoms with Gasteiger partial charge in [0.05, 0.1) is 17.9 Å². The van der Waals surface area contributed by atoms with Crippen LogP contribution in [0.1, 0.15) is 28.6 Å². The van der Waals surface area contributed by atoms with Crippen LogP contribution in [0, 0.1) is 25.2 Å². The molecule has 26 heavy (non-hydrogen) atoms. The van der Waals surface area contributed by atoms with E-state index < -0.39 is 0 Å². The Morgan fingerprint density at radius 2 is 2.00 bits per heavy atom. The summed E-state index contributed by atoms with van der Waals surface area (Å²) in [6.07, 6.45) is 1.84. The SMILES string of the molecule is CCOc1ccccc1C=C(C#N)c1nc(-c2ccc(C)c(C)c2)cs1. The van der Waals surface area contributed by atoms with E-state index in [4.69, 9.17) is 4.74 Å². The standard InChI is InChI=1S/C22H20N2OS/c1-4-25-21-8-6-5-7-18(21)12-19(13-23)22-24-20(14-26-22)17-10-9-15(2)16(3)11-17/h5-12,14H,4H2,1-3H3. The van der Waals surface area contributed by atoms with Crippen LogP contribution >= 0.6 is 11.3 Å². The Labute approximate surface area is 158 Å². The number of hydrogen-bond donors (Lipinski definition) is 0. The number of ether oxygens (including phenoxy) is 1. The number of nitrogens with zero attached hydrogens (tertiary/aromatic N) is 2. The Hall–Kier alpha value is -2.90. The molecule has 0 amide bonds. The third-order valence-corrected chi connectivity index (χ3v) is 5.05. The van der Waals surface area contributed by atoms with Crippen LogP contribution in [0.2, 0.25) is 0 Å². The summed E-state index contributed by atoms with van der Waals surface area (Å²) in [5.41, 5.74) is 5.88. The summed E-state index contributed by atoms with van der Waals surface area (Å²) in [6, 6.07) is 16.3. The zero-order valence-corrected chi connectivity index (χ0v) is 15.9. The van der Waals surface area contributed by atoms with E-state index in [9.17, 15) is 5.26 Å². The van der Waals surface area contributed by atoms with Crippen molar-refractivity contribution in [3.8, 4) is 23.1 Å². The zero-order valence-electron chi connectivity index (χ0n) is 15.1. The van der Waals surface area contributed by atoms with E-state index >= 15 is 0 Å². The average molecular weight is 360 g/mol. The van der Waals surface area contributed by atoms with Crippen LogP contribution in [-0.2, 0) is 0 Å². The topological polar surface area (TPSA) is 45.9 Å². The molecule has 0 aliphatic heterocycles. The Kier molecular flexibility index (Phi) is 5.50. The van der Waals surface area contributed by atoms with Crippen LogP contribution < -0.4 is 4.74 Å². The molecule has 1 heterocycles. The summed E-state index contributed by atoms with van der Waals surface area (Å²) in [4.78, 5) is 4.68. The van der Waals surface area contributed by atoms with Gasteiger partial charge in [-0.1, -0.05) is 30.3 Å². The molecule has 0 N–H and O–H groups in total. The minimum absolute atomic E-state index is 0.539. The molecule has 4 heteroatoms. The fourth-order valence-corrected chi connectivity index (χ4v) is 3.41. The third kappa shape index (κ3) is 3.84. The van der Waals surface area contributed by atoms with Crippen LogP contribution in [0.4, 0.5) is 0 Å². The number of aryl methyl sites for hydroxylation is 2. The first-order chi connectivity index (χ1) is 12.6. The highest BCUT2D eigenvalue weighted by Gasteiger charge is 2.11. The molecule has 0 aliphatic rings. The summed E-state index contributed by atoms with van der Waals surface area (Å²) < 4.78 is 5.65. The lowest BCUT2D eigenvalue weighted by Crippen LogP contribution is -1.93. The van der Waals surface area contributed by atoms with Gasteiger partial charge in [-0.25, -0.2) is 4.98 Å². The predicted molar refractivity (Wildman–Crippen MR) is 108 cm³/mol. The molecule has 0 bridgehead atoms. The van der Waals surface area contributed by atoms with Gasteiger partial charge in [-0.05, 0) is 50.1 Å². The second-order valence-corrected chi connectivity index (χ2v) is 6.84. The van der Waals surface area contributed by atoms with Gasteiger partial charge in [-0.3, -0.25) is 0 Å². The van der Waals surface area contributed by atoms with Crippen molar-refractivity contribution in [1.29, 1.82) is 5.26 Å². The third-order valence-electron chi connectivity index (χ3n) is 4.18. The summed E-state index contributed by atoms with van der Waals surface area (Å²) in [5, 5.41) is 12.3. The van der Waals surface area contributed by atoms with E-state index in [1.165, 1.54) is 22.5 Å². The molecule has 0 fully saturated rings. The monoisotopic (exact) mass is 360 g/mol. The molecule has 1 aromatic heterocycles. The van der Waals surface area contributed by atoms with Gasteiger partial charge >= 0.3 is 0 Å². The molecule has 0 saturated carbocycles. The first-order valence-corrected chi connectivity index (χ1v) is 9.37. The zero-order chi connectivity index (χ0) is 18.5. The van der Waals surface area contributed by atoms with Gasteiger partial charge in [0.15, 0.2) is 0 Å². The molecule has 0 spiro atoms. The molecule has 130 valence electrons. The summed E-state index contributed by atoms with van der Waals surface area (Å²) in [7, 11) is 0. The Bertz CT molecular complexity index is 995. The largest absolute Gasteiger partial charge is 0.493 e. The van der Waals surface area contributed by atoms with E-state index in [1.54, 1.807) is 0 Å². The lowest BCUT2D eigenvalue weighted by atomic mass is 10.1. The van der Waals surface area contributed by atoms with E-state index in [0.717, 1.165) is 22.6 Å². The smallest absolute Gasteiger partial charge is 0.134 e. The highest BCUT2D eigenvalue weighted by atomic mass is 32.1. The van der Waals surface area contributed by atoms with Crippen molar-refractivity contribution in [2.24, 2.45) is 0 Å². The van der Waals surface area contributed by atoms with Crippen LogP contribution in [0.3, 0.4) is 0 Å². The fraction of sp³-hybridized carbons (Fsp3) is 0.182. The Morgan fingerprint density at radius 3 is 2.73 bits per heavy atom. The number of para-hydroxylation sites is 1. The number of rotatable bonds is 5. The van der Waals surface area contributed by atoms with Crippen molar-refractivity contribution in [1.82, 2.24) is 4.98 Å². The fourth-order valence-electron chi connectivity index (χ4n) is 2.61. The molecule has 0 saturated heterocycles. The minimum atomic E-state index is 0.539. The first-order valence-electron chi connectivity index (χ1n) is 8.49. The van der Waals surface area contributed by atoms with Gasteiger partial charge in [0.2, 0.25) is 0 Å². The highest BCUT2D eigenvalue weighted by Crippen LogP contribution is 2.30. The van der Waals surface area contributed by atoms with Crippen LogP contribution in [-0.4, -0.2) is 11.6 Å². The summed E-state index contributed by atoms with van der Waals surface area (Å²) in [6.45, 7) is 6.72. The van der Waals surface area contributed by atoms with Gasteiger partial charge in [-0.15, -0.1) is 11.3 Å². The minimum Gasteiger partial charge on any atom is -0.493 e. The van der Waals surface area contributed by atoms with Gasteiger partial charge in [0.25, 0.3) is 0 Å². The second kappa shape index (κ2) is 7.99. The lowest BCUT2D eigenvalue weighted by Gasteiger charge is -2.06. The predicted octanol–water partition coefficient (Wildman–Crippen LogP) is 5.89. The normalized spacial score (nSPS) is 11.2. The number of allylic oxidation sites excluding steroid dienone is 1. The number of hydrogen-bond acceptors (Lipinski definition) is 4. The first kappa shape index (κ1) is 17.9. The van der Waals surface area contributed by atoms with Crippen LogP contribution in [0.5, 0.6) is 5.75 Å². The maximum atomic E-state index is 9.63. The van der Waals surface area contributed by atoms with E-state index in [-0.39, 0.29) is 0 Å². The van der Waals surface area contributed by atoms with Gasteiger partial charge < -0.3 is 4.74 Å². The van der Waals surface area contributed by atoms with Crippen LogP contribution in [0.15, 0.2) is 47.8 Å². The molecule has 3 nitrogen and oxygen atoms in total. The van der Waals surface area contributed by atoms with Crippen molar-refractivity contribution in [2.45, 2.75) is 20.8 Å². The second-order valence-electron chi connectivity index (χ2n) is 5.98. The van der Waals surface area contributed by atoms with Gasteiger partial charge in [0.1, 0.15) is 16.8 Å². The number of nitriles is 1. The number of aromatic nitrogens is 1. The Balaban J connectivity index is 1.96. The number of benzene rings is 2.